The van der Waals surface area contributed by atoms with E-state index in [9.17, 15) is 4.79 Å². The summed E-state index contributed by atoms with van der Waals surface area (Å²) in [4.78, 5) is 10.6. The zero-order valence-corrected chi connectivity index (χ0v) is 8.77. The van der Waals surface area contributed by atoms with Crippen molar-refractivity contribution >= 4 is 5.91 Å². The molecule has 0 spiro atoms. The maximum atomic E-state index is 10.6. The molecule has 0 rings (SSSR count). The summed E-state index contributed by atoms with van der Waals surface area (Å²) >= 11 is 0. The first kappa shape index (κ1) is 14.0. The molecule has 12 heavy (non-hydrogen) atoms. The number of hydrogen-bond acceptors (Lipinski definition) is 2. The van der Waals surface area contributed by atoms with Gasteiger partial charge in [-0.25, -0.2) is 0 Å². The first-order chi connectivity index (χ1) is 5.45. The lowest BCUT2D eigenvalue weighted by Crippen LogP contribution is -2.37. The number of amides is 1. The molecule has 1 amide bonds. The Balaban J connectivity index is 0. The van der Waals surface area contributed by atoms with Gasteiger partial charge in [0.15, 0.2) is 0 Å². The third-order valence-corrected chi connectivity index (χ3v) is 1.04. The molecular formula is C9H21NO2. The van der Waals surface area contributed by atoms with Crippen molar-refractivity contribution in [2.45, 2.75) is 46.6 Å². The lowest BCUT2D eigenvalue weighted by molar-refractivity contribution is -0.121. The van der Waals surface area contributed by atoms with E-state index in [0.29, 0.717) is 13.0 Å². The number of carbonyl (C=O) groups excluding carboxylic acids is 1. The van der Waals surface area contributed by atoms with E-state index in [4.69, 9.17) is 5.11 Å². The highest BCUT2D eigenvalue weighted by molar-refractivity contribution is 5.75. The molecule has 0 aromatic carbocycles. The van der Waals surface area contributed by atoms with Crippen molar-refractivity contribution in [3.05, 3.63) is 0 Å². The van der Waals surface area contributed by atoms with Gasteiger partial charge in [0.2, 0.25) is 5.91 Å². The van der Waals surface area contributed by atoms with Crippen molar-refractivity contribution in [3.8, 4) is 0 Å². The van der Waals surface area contributed by atoms with Gasteiger partial charge in [0.1, 0.15) is 0 Å². The van der Waals surface area contributed by atoms with Gasteiger partial charge < -0.3 is 10.4 Å². The molecule has 2 N–H and O–H groups in total. The Morgan fingerprint density at radius 2 is 1.83 bits per heavy atom. The van der Waals surface area contributed by atoms with Crippen LogP contribution >= 0.6 is 0 Å². The minimum atomic E-state index is -0.801. The predicted octanol–water partition coefficient (Wildman–Crippen LogP) is 1.31. The summed E-state index contributed by atoms with van der Waals surface area (Å²) in [7, 11) is 0. The second-order valence-electron chi connectivity index (χ2n) is 2.94. The fourth-order valence-electron chi connectivity index (χ4n) is 0.440. The molecule has 0 heterocycles. The molecule has 0 aliphatic rings. The number of aliphatic hydroxyl groups is 1. The molecule has 0 aliphatic carbocycles. The average Bonchev–Trinajstić information content (AvgIpc) is 2.03. The Labute approximate surface area is 75.2 Å². The van der Waals surface area contributed by atoms with E-state index < -0.39 is 5.60 Å². The van der Waals surface area contributed by atoms with Gasteiger partial charge in [-0.3, -0.25) is 4.79 Å². The second kappa shape index (κ2) is 7.10. The molecule has 0 aromatic rings. The van der Waals surface area contributed by atoms with Crippen LogP contribution in [0.25, 0.3) is 0 Å². The maximum Gasteiger partial charge on any atom is 0.219 e. The molecule has 0 aliphatic heterocycles. The highest BCUT2D eigenvalue weighted by Gasteiger charge is 2.12. The van der Waals surface area contributed by atoms with Crippen LogP contribution < -0.4 is 5.32 Å². The summed E-state index contributed by atoms with van der Waals surface area (Å²) in [5.41, 5.74) is -0.801. The Morgan fingerprint density at radius 3 is 2.08 bits per heavy atom. The molecule has 0 aromatic heterocycles. The monoisotopic (exact) mass is 175 g/mol. The van der Waals surface area contributed by atoms with Crippen molar-refractivity contribution in [1.82, 2.24) is 5.32 Å². The zero-order valence-electron chi connectivity index (χ0n) is 8.77. The molecule has 0 fully saturated rings. The summed E-state index contributed by atoms with van der Waals surface area (Å²) in [5.74, 6) is -0.0258. The van der Waals surface area contributed by atoms with Crippen LogP contribution in [0.15, 0.2) is 0 Å². The topological polar surface area (TPSA) is 49.3 Å². The summed E-state index contributed by atoms with van der Waals surface area (Å²) in [6, 6.07) is 0. The Kier molecular flexibility index (Phi) is 8.27. The van der Waals surface area contributed by atoms with Crippen LogP contribution in [0.5, 0.6) is 0 Å². The lowest BCUT2D eigenvalue weighted by atomic mass is 10.1. The van der Waals surface area contributed by atoms with Crippen LogP contribution in [-0.2, 0) is 4.79 Å². The van der Waals surface area contributed by atoms with Crippen LogP contribution in [0.1, 0.15) is 41.0 Å². The van der Waals surface area contributed by atoms with Crippen molar-refractivity contribution in [2.24, 2.45) is 0 Å². The van der Waals surface area contributed by atoms with Crippen LogP contribution in [-0.4, -0.2) is 23.2 Å². The van der Waals surface area contributed by atoms with Gasteiger partial charge in [-0.1, -0.05) is 20.8 Å². The lowest BCUT2D eigenvalue weighted by Gasteiger charge is -2.16. The maximum absolute atomic E-state index is 10.6. The average molecular weight is 175 g/mol. The van der Waals surface area contributed by atoms with Gasteiger partial charge in [-0.15, -0.1) is 0 Å². The van der Waals surface area contributed by atoms with Crippen LogP contribution in [0.4, 0.5) is 0 Å². The second-order valence-corrected chi connectivity index (χ2v) is 2.94. The van der Waals surface area contributed by atoms with E-state index in [1.807, 2.05) is 13.8 Å². The van der Waals surface area contributed by atoms with Crippen molar-refractivity contribution in [1.29, 1.82) is 0 Å². The minimum absolute atomic E-state index is 0.0258. The molecule has 0 radical (unpaired) electrons. The van der Waals surface area contributed by atoms with Gasteiger partial charge in [0.05, 0.1) is 5.60 Å². The van der Waals surface area contributed by atoms with Crippen molar-refractivity contribution in [2.75, 3.05) is 6.54 Å². The van der Waals surface area contributed by atoms with Crippen molar-refractivity contribution < 1.29 is 9.90 Å². The fourth-order valence-corrected chi connectivity index (χ4v) is 0.440. The molecule has 0 atom stereocenters. The van der Waals surface area contributed by atoms with E-state index in [-0.39, 0.29) is 5.91 Å². The van der Waals surface area contributed by atoms with Gasteiger partial charge >= 0.3 is 0 Å². The van der Waals surface area contributed by atoms with Gasteiger partial charge in [0, 0.05) is 13.0 Å². The highest BCUT2D eigenvalue weighted by Crippen LogP contribution is 1.96. The number of nitrogens with one attached hydrogen (secondary N) is 1. The summed E-state index contributed by atoms with van der Waals surface area (Å²) in [5, 5.41) is 11.7. The quantitative estimate of drug-likeness (QED) is 0.679. The van der Waals surface area contributed by atoms with Gasteiger partial charge in [0.25, 0.3) is 0 Å². The zero-order chi connectivity index (χ0) is 10.2. The number of carbonyl (C=O) groups is 1. The third-order valence-electron chi connectivity index (χ3n) is 1.04. The molecule has 0 bridgehead atoms. The van der Waals surface area contributed by atoms with Crippen LogP contribution in [0.3, 0.4) is 0 Å². The first-order valence-corrected chi connectivity index (χ1v) is 4.45. The van der Waals surface area contributed by atoms with E-state index in [0.717, 1.165) is 0 Å². The molecular weight excluding hydrogens is 154 g/mol. The molecule has 74 valence electrons. The SMILES string of the molecule is CC.CCC(=O)NCC(C)(C)O. The summed E-state index contributed by atoms with van der Waals surface area (Å²) in [6.45, 7) is 9.41. The smallest absolute Gasteiger partial charge is 0.219 e. The predicted molar refractivity (Wildman–Crippen MR) is 50.9 cm³/mol. The molecule has 0 unspecified atom stereocenters. The third kappa shape index (κ3) is 12.1. The van der Waals surface area contributed by atoms with E-state index in [1.165, 1.54) is 0 Å². The van der Waals surface area contributed by atoms with Gasteiger partial charge in [-0.05, 0) is 13.8 Å². The Bertz CT molecular complexity index is 116. The van der Waals surface area contributed by atoms with Crippen molar-refractivity contribution in [3.63, 3.8) is 0 Å². The molecule has 3 heteroatoms. The standard InChI is InChI=1S/C7H15NO2.C2H6/c1-4-6(9)8-5-7(2,3)10;1-2/h10H,4-5H2,1-3H3,(H,8,9);1-2H3. The van der Waals surface area contributed by atoms with Crippen LogP contribution in [0.2, 0.25) is 0 Å². The molecule has 3 nitrogen and oxygen atoms in total. The van der Waals surface area contributed by atoms with E-state index >= 15 is 0 Å². The highest BCUT2D eigenvalue weighted by atomic mass is 16.3. The van der Waals surface area contributed by atoms with Crippen LogP contribution in [0, 0.1) is 0 Å². The van der Waals surface area contributed by atoms with E-state index in [1.54, 1.807) is 20.8 Å². The minimum Gasteiger partial charge on any atom is -0.389 e. The summed E-state index contributed by atoms with van der Waals surface area (Å²) < 4.78 is 0. The number of rotatable bonds is 3. The Hall–Kier alpha value is -0.570. The normalized spacial score (nSPS) is 9.83. The fraction of sp³-hybridized carbons (Fsp3) is 0.889. The largest absolute Gasteiger partial charge is 0.389 e. The number of hydrogen-bond donors (Lipinski definition) is 2. The Morgan fingerprint density at radius 1 is 1.42 bits per heavy atom. The summed E-state index contributed by atoms with van der Waals surface area (Å²) in [6.07, 6.45) is 0.468. The van der Waals surface area contributed by atoms with Gasteiger partial charge in [-0.2, -0.15) is 0 Å². The molecule has 0 saturated carbocycles. The first-order valence-electron chi connectivity index (χ1n) is 4.45. The van der Waals surface area contributed by atoms with E-state index in [2.05, 4.69) is 5.32 Å². The molecule has 0 saturated heterocycles.